The van der Waals surface area contributed by atoms with E-state index in [-0.39, 0.29) is 62.9 Å². The van der Waals surface area contributed by atoms with Crippen LogP contribution in [0.4, 0.5) is 5.69 Å². The molecule has 0 heterocycles. The fourth-order valence-corrected chi connectivity index (χ4v) is 3.05. The molecule has 4 N–H and O–H groups in total. The molecule has 32 heavy (non-hydrogen) atoms. The van der Waals surface area contributed by atoms with E-state index in [1.54, 1.807) is 38.1 Å². The maximum Gasteiger partial charge on any atom is 0.340 e. The molecule has 174 valence electrons. The van der Waals surface area contributed by atoms with Crippen molar-refractivity contribution in [3.63, 3.8) is 0 Å². The lowest BCUT2D eigenvalue weighted by Gasteiger charge is -2.06. The van der Waals surface area contributed by atoms with Crippen LogP contribution in [0.25, 0.3) is 11.1 Å². The number of ether oxygens (including phenoxy) is 3. The first-order chi connectivity index (χ1) is 15.4. The minimum absolute atomic E-state index is 0.000731. The van der Waals surface area contributed by atoms with Gasteiger partial charge in [0, 0.05) is 0 Å². The predicted molar refractivity (Wildman–Crippen MR) is 115 cm³/mol. The van der Waals surface area contributed by atoms with Gasteiger partial charge in [0.15, 0.2) is 0 Å². The Hall–Kier alpha value is -3.21. The maximum atomic E-state index is 12.5. The van der Waals surface area contributed by atoms with Gasteiger partial charge in [0.1, 0.15) is 0 Å². The number of rotatable bonds is 12. The Balaban J connectivity index is 2.25. The highest BCUT2D eigenvalue weighted by Crippen LogP contribution is 2.39. The third-order valence-corrected chi connectivity index (χ3v) is 4.37. The number of carbonyl (C=O) groups excluding carboxylic acids is 3. The molecular weight excluding hydrogens is 420 g/mol. The molecule has 1 amide bonds. The number of nitrogens with two attached hydrogens (primary N) is 1. The van der Waals surface area contributed by atoms with E-state index >= 15 is 0 Å². The van der Waals surface area contributed by atoms with E-state index in [2.05, 4.69) is 5.48 Å². The minimum atomic E-state index is -0.646. The number of anilines is 1. The second-order valence-corrected chi connectivity index (χ2v) is 6.56. The molecule has 0 saturated heterocycles. The Bertz CT molecular complexity index is 859. The van der Waals surface area contributed by atoms with Crippen LogP contribution in [0, 0.1) is 0 Å². The molecule has 2 aliphatic carbocycles. The fraction of sp³-hybridized carbons (Fsp3) is 0.409. The first-order valence-electron chi connectivity index (χ1n) is 10.2. The molecule has 0 fully saturated rings. The molecule has 0 atom stereocenters. The molecule has 0 spiro atoms. The third-order valence-electron chi connectivity index (χ3n) is 4.37. The molecule has 0 radical (unpaired) electrons. The van der Waals surface area contributed by atoms with Crippen molar-refractivity contribution in [2.75, 3.05) is 45.4 Å². The molecule has 10 nitrogen and oxygen atoms in total. The maximum absolute atomic E-state index is 12.5. The van der Waals surface area contributed by atoms with Gasteiger partial charge in [0.25, 0.3) is 0 Å². The van der Waals surface area contributed by atoms with E-state index in [0.29, 0.717) is 16.7 Å². The number of hydroxylamine groups is 1. The van der Waals surface area contributed by atoms with Gasteiger partial charge in [-0.25, -0.2) is 15.1 Å². The zero-order valence-electron chi connectivity index (χ0n) is 18.1. The summed E-state index contributed by atoms with van der Waals surface area (Å²) in [6.45, 7) is 4.10. The van der Waals surface area contributed by atoms with Crippen LogP contribution in [-0.4, -0.2) is 62.6 Å². The molecule has 0 aromatic heterocycles. The highest BCUT2D eigenvalue weighted by Gasteiger charge is 2.30. The summed E-state index contributed by atoms with van der Waals surface area (Å²) in [6.07, 6.45) is -0.00622. The van der Waals surface area contributed by atoms with E-state index in [9.17, 15) is 14.4 Å². The molecule has 0 aromatic carbocycles. The Morgan fingerprint density at radius 2 is 1.47 bits per heavy atom. The zero-order chi connectivity index (χ0) is 23.5. The summed E-state index contributed by atoms with van der Waals surface area (Å²) < 4.78 is 15.2. The molecule has 10 heteroatoms. The molecule has 0 unspecified atom stereocenters. The number of nitrogens with one attached hydrogen (secondary N) is 1. The molecule has 2 rings (SSSR count). The number of hydrogen-bond acceptors (Lipinski definition) is 9. The minimum Gasteiger partial charge on any atom is -0.462 e. The second kappa shape index (κ2) is 12.6. The fourth-order valence-electron chi connectivity index (χ4n) is 3.05. The van der Waals surface area contributed by atoms with Gasteiger partial charge in [-0.3, -0.25) is 9.63 Å². The number of nitrogen functional groups attached to an aromatic ring is 1. The Labute approximate surface area is 185 Å². The van der Waals surface area contributed by atoms with Gasteiger partial charge in [0.2, 0.25) is 5.91 Å². The van der Waals surface area contributed by atoms with Gasteiger partial charge in [-0.2, -0.15) is 0 Å². The second-order valence-electron chi connectivity index (χ2n) is 6.56. The largest absolute Gasteiger partial charge is 0.462 e. The molecule has 2 aliphatic rings. The first kappa shape index (κ1) is 25.1. The smallest absolute Gasteiger partial charge is 0.340 e. The van der Waals surface area contributed by atoms with Crippen molar-refractivity contribution in [3.8, 4) is 11.1 Å². The summed E-state index contributed by atoms with van der Waals surface area (Å²) in [5.41, 5.74) is 10.1. The van der Waals surface area contributed by atoms with E-state index in [1.807, 2.05) is 0 Å². The van der Waals surface area contributed by atoms with Crippen LogP contribution in [0.5, 0.6) is 0 Å². The lowest BCUT2D eigenvalue weighted by Crippen LogP contribution is -2.27. The summed E-state index contributed by atoms with van der Waals surface area (Å²) >= 11 is 0. The van der Waals surface area contributed by atoms with E-state index < -0.39 is 17.8 Å². The van der Waals surface area contributed by atoms with Crippen LogP contribution in [0.2, 0.25) is 0 Å². The van der Waals surface area contributed by atoms with Gasteiger partial charge >= 0.3 is 11.9 Å². The summed E-state index contributed by atoms with van der Waals surface area (Å²) in [6, 6.07) is 6.55. The number of hydrogen-bond donors (Lipinski definition) is 3. The van der Waals surface area contributed by atoms with E-state index in [4.69, 9.17) is 29.9 Å². The number of amides is 1. The summed E-state index contributed by atoms with van der Waals surface area (Å²) in [4.78, 5) is 42.1. The predicted octanol–water partition coefficient (Wildman–Crippen LogP) is 1.33. The number of aliphatic hydroxyl groups excluding tert-OH is 1. The summed E-state index contributed by atoms with van der Waals surface area (Å²) in [5.74, 6) is -1.69. The van der Waals surface area contributed by atoms with Crippen LogP contribution in [0.1, 0.15) is 40.1 Å². The summed E-state index contributed by atoms with van der Waals surface area (Å²) in [7, 11) is 0. The van der Waals surface area contributed by atoms with Crippen LogP contribution < -0.4 is 11.2 Å². The Kier molecular flexibility index (Phi) is 9.86. The van der Waals surface area contributed by atoms with Gasteiger partial charge in [-0.15, -0.1) is 0 Å². The van der Waals surface area contributed by atoms with Crippen molar-refractivity contribution in [2.45, 2.75) is 20.3 Å². The summed E-state index contributed by atoms with van der Waals surface area (Å²) in [5, 5.41) is 8.62. The molecule has 0 aliphatic heterocycles. The average Bonchev–Trinajstić information content (AvgIpc) is 2.89. The number of fused-ring (bicyclic) bond motifs is 1. The quantitative estimate of drug-likeness (QED) is 0.248. The Morgan fingerprint density at radius 1 is 0.906 bits per heavy atom. The number of esters is 2. The highest BCUT2D eigenvalue weighted by atomic mass is 16.7. The van der Waals surface area contributed by atoms with E-state index in [0.717, 1.165) is 0 Å². The average molecular weight is 448 g/mol. The Morgan fingerprint density at radius 3 is 1.97 bits per heavy atom. The van der Waals surface area contributed by atoms with Crippen LogP contribution in [0.3, 0.4) is 0 Å². The van der Waals surface area contributed by atoms with E-state index in [1.165, 1.54) is 0 Å². The first-order valence-corrected chi connectivity index (χ1v) is 10.2. The van der Waals surface area contributed by atoms with Crippen LogP contribution >= 0.6 is 0 Å². The normalized spacial score (nSPS) is 10.7. The van der Waals surface area contributed by atoms with Crippen molar-refractivity contribution >= 4 is 23.5 Å². The van der Waals surface area contributed by atoms with Crippen molar-refractivity contribution in [1.82, 2.24) is 5.48 Å². The molecular formula is C22H28N2O8. The zero-order valence-corrected chi connectivity index (χ0v) is 18.1. The lowest BCUT2D eigenvalue weighted by molar-refractivity contribution is -0.134. The SMILES string of the molecule is CCOC(=O)c1c2ccc(CC(=O)NOCCOCCO)ccc-2c(C(=O)OCC)c1N. The number of aliphatic hydroxyl groups is 1. The topological polar surface area (TPSA) is 146 Å². The lowest BCUT2D eigenvalue weighted by atomic mass is 10.1. The highest BCUT2D eigenvalue weighted by molar-refractivity contribution is 6.15. The van der Waals surface area contributed by atoms with Crippen molar-refractivity contribution in [2.24, 2.45) is 0 Å². The van der Waals surface area contributed by atoms with Crippen molar-refractivity contribution in [3.05, 3.63) is 41.0 Å². The number of carbonyl (C=O) groups is 3. The molecule has 0 bridgehead atoms. The van der Waals surface area contributed by atoms with Gasteiger partial charge in [-0.1, -0.05) is 24.3 Å². The van der Waals surface area contributed by atoms with Crippen LogP contribution in [-0.2, 0) is 30.3 Å². The third kappa shape index (κ3) is 6.39. The van der Waals surface area contributed by atoms with Gasteiger partial charge in [-0.05, 0) is 30.5 Å². The monoisotopic (exact) mass is 448 g/mol. The standard InChI is InChI=1S/C22H28N2O8/c1-3-30-21(27)18-15-7-5-14(13-17(26)24-32-12-11-29-10-9-25)6-8-16(15)19(20(18)23)22(28)31-4-2/h5-8,25H,3-4,9-13,23H2,1-2H3,(H,24,26). The van der Waals surface area contributed by atoms with Crippen molar-refractivity contribution in [1.29, 1.82) is 0 Å². The molecule has 0 saturated carbocycles. The van der Waals surface area contributed by atoms with Crippen LogP contribution in [0.15, 0.2) is 24.3 Å². The van der Waals surface area contributed by atoms with Crippen molar-refractivity contribution < 1.29 is 38.5 Å². The van der Waals surface area contributed by atoms with Gasteiger partial charge < -0.3 is 25.1 Å². The molecule has 0 aromatic rings. The van der Waals surface area contributed by atoms with Gasteiger partial charge in [0.05, 0.1) is 62.9 Å².